The Balaban J connectivity index is 1.94. The van der Waals surface area contributed by atoms with E-state index in [4.69, 9.17) is 33.3 Å². The molecule has 0 N–H and O–H groups in total. The van der Waals surface area contributed by atoms with Crippen molar-refractivity contribution in [2.75, 3.05) is 6.61 Å². The first-order chi connectivity index (χ1) is 16.7. The van der Waals surface area contributed by atoms with Crippen LogP contribution in [0.3, 0.4) is 0 Å². The average molecular weight is 528 g/mol. The van der Waals surface area contributed by atoms with E-state index in [2.05, 4.69) is 46.8 Å². The van der Waals surface area contributed by atoms with Crippen molar-refractivity contribution in [1.29, 1.82) is 0 Å². The fraction of sp³-hybridized carbons (Fsp3) is 0.483. The number of fused-ring (bicyclic) bond motifs is 1. The van der Waals surface area contributed by atoms with Crippen LogP contribution in [0.15, 0.2) is 36.4 Å². The van der Waals surface area contributed by atoms with Gasteiger partial charge in [0.25, 0.3) is 11.1 Å². The molecule has 1 aliphatic carbocycles. The van der Waals surface area contributed by atoms with Gasteiger partial charge < -0.3 is 9.47 Å². The molecule has 4 rings (SSSR count). The molecule has 2 unspecified atom stereocenters. The van der Waals surface area contributed by atoms with E-state index in [0.29, 0.717) is 0 Å². The molecule has 0 saturated carbocycles. The Kier molecular flexibility index (Phi) is 6.76. The van der Waals surface area contributed by atoms with Crippen LogP contribution in [0, 0.1) is 0 Å². The van der Waals surface area contributed by atoms with Crippen LogP contribution < -0.4 is 0 Å². The van der Waals surface area contributed by atoms with Gasteiger partial charge >= 0.3 is 5.97 Å². The zero-order chi connectivity index (χ0) is 26.6. The van der Waals surface area contributed by atoms with Gasteiger partial charge in [-0.3, -0.25) is 4.79 Å². The third-order valence-corrected chi connectivity index (χ3v) is 8.10. The van der Waals surface area contributed by atoms with Crippen molar-refractivity contribution in [2.45, 2.75) is 83.8 Å². The first-order valence-electron chi connectivity index (χ1n) is 12.4. The standard InChI is InChI=1S/C29H34ClNO4S/c1-8-34-25(33)23-29(7,35-26(36)31(23)24(32)19-11-9-10-12-22(19)30)21-16-17(27(2,3)4)15-20-18(21)13-14-28(20,5)6/h9-12,15-16,23H,8,13-14H2,1-7H3. The highest BCUT2D eigenvalue weighted by Gasteiger charge is 2.58. The van der Waals surface area contributed by atoms with Crippen LogP contribution in [0.25, 0.3) is 0 Å². The molecule has 1 fully saturated rings. The largest absolute Gasteiger partial charge is 0.464 e. The molecular weight excluding hydrogens is 494 g/mol. The quantitative estimate of drug-likeness (QED) is 0.337. The van der Waals surface area contributed by atoms with Crippen LogP contribution in [0.5, 0.6) is 0 Å². The first kappa shape index (κ1) is 26.6. The highest BCUT2D eigenvalue weighted by Crippen LogP contribution is 2.49. The van der Waals surface area contributed by atoms with E-state index >= 15 is 0 Å². The summed E-state index contributed by atoms with van der Waals surface area (Å²) in [7, 11) is 0. The molecule has 1 aliphatic heterocycles. The van der Waals surface area contributed by atoms with Crippen LogP contribution in [0.1, 0.15) is 87.5 Å². The van der Waals surface area contributed by atoms with Crippen LogP contribution in [0.4, 0.5) is 0 Å². The molecule has 36 heavy (non-hydrogen) atoms. The number of amides is 1. The Morgan fingerprint density at radius 1 is 1.17 bits per heavy atom. The van der Waals surface area contributed by atoms with Crippen molar-refractivity contribution in [2.24, 2.45) is 0 Å². The summed E-state index contributed by atoms with van der Waals surface area (Å²) in [6, 6.07) is 10.0. The van der Waals surface area contributed by atoms with Gasteiger partial charge in [-0.25, -0.2) is 9.69 Å². The lowest BCUT2D eigenvalue weighted by Gasteiger charge is -2.34. The number of ether oxygens (including phenoxy) is 2. The van der Waals surface area contributed by atoms with E-state index in [1.54, 1.807) is 31.2 Å². The van der Waals surface area contributed by atoms with Crippen molar-refractivity contribution >= 4 is 40.9 Å². The normalized spacial score (nSPS) is 22.8. The van der Waals surface area contributed by atoms with Gasteiger partial charge in [-0.2, -0.15) is 0 Å². The number of hydrogen-bond donors (Lipinski definition) is 0. The number of esters is 1. The predicted molar refractivity (Wildman–Crippen MR) is 146 cm³/mol. The van der Waals surface area contributed by atoms with Crippen molar-refractivity contribution in [1.82, 2.24) is 4.90 Å². The lowest BCUT2D eigenvalue weighted by molar-refractivity contribution is -0.151. The molecule has 0 radical (unpaired) electrons. The van der Waals surface area contributed by atoms with E-state index in [0.717, 1.165) is 29.5 Å². The van der Waals surface area contributed by atoms with Crippen LogP contribution in [-0.2, 0) is 37.1 Å². The molecule has 2 aromatic carbocycles. The summed E-state index contributed by atoms with van der Waals surface area (Å²) in [4.78, 5) is 28.5. The number of carbonyl (C=O) groups excluding carboxylic acids is 2. The van der Waals surface area contributed by atoms with Gasteiger partial charge in [-0.1, -0.05) is 70.5 Å². The summed E-state index contributed by atoms with van der Waals surface area (Å²) in [6.07, 6.45) is 1.83. The maximum Gasteiger partial charge on any atom is 0.333 e. The molecule has 5 nitrogen and oxygen atoms in total. The smallest absolute Gasteiger partial charge is 0.333 e. The fourth-order valence-corrected chi connectivity index (χ4v) is 5.93. The number of hydrogen-bond acceptors (Lipinski definition) is 5. The van der Waals surface area contributed by atoms with Gasteiger partial charge in [0.1, 0.15) is 0 Å². The van der Waals surface area contributed by atoms with Gasteiger partial charge in [-0.15, -0.1) is 0 Å². The minimum absolute atomic E-state index is 0.0205. The Morgan fingerprint density at radius 2 is 1.81 bits per heavy atom. The third kappa shape index (κ3) is 4.32. The molecular formula is C29H34ClNO4S. The molecule has 7 heteroatoms. The molecule has 2 aromatic rings. The zero-order valence-corrected chi connectivity index (χ0v) is 23.6. The first-order valence-corrected chi connectivity index (χ1v) is 13.2. The molecule has 2 atom stereocenters. The Bertz CT molecular complexity index is 1250. The van der Waals surface area contributed by atoms with E-state index in [9.17, 15) is 9.59 Å². The SMILES string of the molecule is CCOC(=O)C1N(C(=O)c2ccccc2Cl)C(=S)OC1(C)c1cc(C(C)(C)C)cc2c1CCC2(C)C. The van der Waals surface area contributed by atoms with Gasteiger partial charge in [0, 0.05) is 5.56 Å². The molecule has 0 bridgehead atoms. The number of rotatable bonds is 4. The topological polar surface area (TPSA) is 55.8 Å². The van der Waals surface area contributed by atoms with Crippen molar-refractivity contribution in [3.05, 3.63) is 69.2 Å². The average Bonchev–Trinajstić information content (AvgIpc) is 3.25. The van der Waals surface area contributed by atoms with E-state index in [1.165, 1.54) is 10.5 Å². The molecule has 0 aromatic heterocycles. The Hall–Kier alpha value is -2.44. The number of benzene rings is 2. The maximum absolute atomic E-state index is 13.7. The van der Waals surface area contributed by atoms with E-state index in [1.807, 2.05) is 6.92 Å². The third-order valence-electron chi connectivity index (χ3n) is 7.49. The summed E-state index contributed by atoms with van der Waals surface area (Å²) in [5.74, 6) is -1.05. The summed E-state index contributed by atoms with van der Waals surface area (Å²) in [6.45, 7) is 14.7. The minimum Gasteiger partial charge on any atom is -0.464 e. The van der Waals surface area contributed by atoms with Crippen molar-refractivity contribution in [3.63, 3.8) is 0 Å². The highest BCUT2D eigenvalue weighted by molar-refractivity contribution is 7.80. The van der Waals surface area contributed by atoms with Crippen LogP contribution in [-0.4, -0.2) is 34.6 Å². The van der Waals surface area contributed by atoms with Gasteiger partial charge in [0.05, 0.1) is 17.2 Å². The molecule has 2 aliphatic rings. The molecule has 1 saturated heterocycles. The lowest BCUT2D eigenvalue weighted by Crippen LogP contribution is -2.51. The molecule has 0 spiro atoms. The molecule has 1 amide bonds. The molecule has 1 heterocycles. The van der Waals surface area contributed by atoms with Crippen LogP contribution >= 0.6 is 23.8 Å². The number of thiocarbonyl (C=S) groups is 1. The minimum atomic E-state index is -1.23. The van der Waals surface area contributed by atoms with Gasteiger partial charge in [0.15, 0.2) is 11.6 Å². The van der Waals surface area contributed by atoms with Gasteiger partial charge in [0.2, 0.25) is 0 Å². The number of nitrogens with zero attached hydrogens (tertiary/aromatic N) is 1. The van der Waals surface area contributed by atoms with E-state index < -0.39 is 23.5 Å². The fourth-order valence-electron chi connectivity index (χ4n) is 5.35. The second kappa shape index (κ2) is 9.14. The predicted octanol–water partition coefficient (Wildman–Crippen LogP) is 6.47. The summed E-state index contributed by atoms with van der Waals surface area (Å²) >= 11 is 12.0. The Morgan fingerprint density at radius 3 is 2.42 bits per heavy atom. The summed E-state index contributed by atoms with van der Waals surface area (Å²) < 4.78 is 11.9. The zero-order valence-electron chi connectivity index (χ0n) is 22.0. The van der Waals surface area contributed by atoms with Crippen molar-refractivity contribution in [3.8, 4) is 0 Å². The Labute approximate surface area is 224 Å². The second-order valence-corrected chi connectivity index (χ2v) is 12.2. The monoisotopic (exact) mass is 527 g/mol. The summed E-state index contributed by atoms with van der Waals surface area (Å²) in [5.41, 5.74) is 3.28. The van der Waals surface area contributed by atoms with Crippen LogP contribution in [0.2, 0.25) is 5.02 Å². The van der Waals surface area contributed by atoms with Gasteiger partial charge in [-0.05, 0) is 78.6 Å². The molecule has 192 valence electrons. The number of halogens is 1. The van der Waals surface area contributed by atoms with E-state index in [-0.39, 0.29) is 33.2 Å². The summed E-state index contributed by atoms with van der Waals surface area (Å²) in [5, 5.41) is 0.214. The second-order valence-electron chi connectivity index (χ2n) is 11.5. The highest BCUT2D eigenvalue weighted by atomic mass is 35.5. The number of carbonyl (C=O) groups is 2. The maximum atomic E-state index is 13.7. The lowest BCUT2D eigenvalue weighted by atomic mass is 9.76. The van der Waals surface area contributed by atoms with Crippen molar-refractivity contribution < 1.29 is 19.1 Å².